The number of rotatable bonds is 4. The minimum absolute atomic E-state index is 0.998. The second kappa shape index (κ2) is 4.86. The molecule has 0 aromatic heterocycles. The van der Waals surface area contributed by atoms with E-state index in [9.17, 15) is 0 Å². The molecule has 1 aromatic rings. The SMILES string of the molecule is COc1ccccc1N([Si](C)(C)C)[Si](C)(C)C. The lowest BCUT2D eigenvalue weighted by Crippen LogP contribution is -2.59. The fraction of sp³-hybridized carbons (Fsp3) is 0.538. The smallest absolute Gasteiger partial charge is 0.140 e. The van der Waals surface area contributed by atoms with Gasteiger partial charge in [0.1, 0.15) is 22.2 Å². The van der Waals surface area contributed by atoms with Gasteiger partial charge in [-0.2, -0.15) is 0 Å². The molecular weight excluding hydrogens is 242 g/mol. The number of nitrogens with zero attached hydrogens (tertiary/aromatic N) is 1. The molecule has 0 fully saturated rings. The molecule has 2 nitrogen and oxygen atoms in total. The average molecular weight is 268 g/mol. The monoisotopic (exact) mass is 267 g/mol. The molecule has 0 bridgehead atoms. The van der Waals surface area contributed by atoms with Crippen molar-refractivity contribution in [1.82, 2.24) is 0 Å². The molecular formula is C13H25NOSi2. The summed E-state index contributed by atoms with van der Waals surface area (Å²) in [5.74, 6) is 0.998. The number of benzene rings is 1. The van der Waals surface area contributed by atoms with Gasteiger partial charge in [-0.1, -0.05) is 51.4 Å². The van der Waals surface area contributed by atoms with E-state index in [2.05, 4.69) is 61.7 Å². The van der Waals surface area contributed by atoms with Crippen molar-refractivity contribution >= 4 is 22.2 Å². The molecule has 0 N–H and O–H groups in total. The number of para-hydroxylation sites is 2. The van der Waals surface area contributed by atoms with Crippen LogP contribution in [0.4, 0.5) is 5.69 Å². The van der Waals surface area contributed by atoms with Crippen LogP contribution < -0.4 is 8.97 Å². The number of anilines is 1. The first-order valence-corrected chi connectivity index (χ1v) is 13.0. The van der Waals surface area contributed by atoms with Crippen LogP contribution in [0.15, 0.2) is 24.3 Å². The van der Waals surface area contributed by atoms with Gasteiger partial charge in [-0.3, -0.25) is 0 Å². The van der Waals surface area contributed by atoms with E-state index < -0.39 is 16.5 Å². The molecule has 0 saturated carbocycles. The summed E-state index contributed by atoms with van der Waals surface area (Å²) in [4.78, 5) is 0. The van der Waals surface area contributed by atoms with E-state index in [1.54, 1.807) is 7.11 Å². The first-order chi connectivity index (χ1) is 7.68. The van der Waals surface area contributed by atoms with Crippen molar-refractivity contribution in [3.63, 3.8) is 0 Å². The highest BCUT2D eigenvalue weighted by Gasteiger charge is 2.35. The fourth-order valence-electron chi connectivity index (χ4n) is 2.54. The molecule has 17 heavy (non-hydrogen) atoms. The first kappa shape index (κ1) is 14.3. The van der Waals surface area contributed by atoms with Crippen LogP contribution in [0.1, 0.15) is 0 Å². The standard InChI is InChI=1S/C13H25NOSi2/c1-15-13-11-9-8-10-12(13)14(16(2,3)4)17(5,6)7/h8-11H,1-7H3. The molecule has 0 spiro atoms. The molecule has 0 aliphatic heterocycles. The Labute approximate surface area is 108 Å². The van der Waals surface area contributed by atoms with E-state index in [1.807, 2.05) is 6.07 Å². The highest BCUT2D eigenvalue weighted by molar-refractivity contribution is 6.99. The lowest BCUT2D eigenvalue weighted by atomic mass is 10.3. The molecule has 0 atom stereocenters. The maximum Gasteiger partial charge on any atom is 0.140 e. The van der Waals surface area contributed by atoms with Crippen molar-refractivity contribution in [2.75, 3.05) is 11.3 Å². The van der Waals surface area contributed by atoms with Gasteiger partial charge in [0.25, 0.3) is 0 Å². The van der Waals surface area contributed by atoms with Gasteiger partial charge in [0.15, 0.2) is 0 Å². The van der Waals surface area contributed by atoms with Gasteiger partial charge < -0.3 is 8.97 Å². The minimum Gasteiger partial charge on any atom is -0.495 e. The summed E-state index contributed by atoms with van der Waals surface area (Å²) >= 11 is 0. The van der Waals surface area contributed by atoms with Crippen LogP contribution in [0.2, 0.25) is 39.3 Å². The number of methoxy groups -OCH3 is 1. The van der Waals surface area contributed by atoms with Crippen LogP contribution >= 0.6 is 0 Å². The summed E-state index contributed by atoms with van der Waals surface area (Å²) in [5.41, 5.74) is 1.27. The van der Waals surface area contributed by atoms with Crippen LogP contribution in [0, 0.1) is 0 Å². The quantitative estimate of drug-likeness (QED) is 0.759. The van der Waals surface area contributed by atoms with E-state index in [0.29, 0.717) is 0 Å². The van der Waals surface area contributed by atoms with Crippen LogP contribution in [0.5, 0.6) is 5.75 Å². The van der Waals surface area contributed by atoms with Gasteiger partial charge >= 0.3 is 0 Å². The summed E-state index contributed by atoms with van der Waals surface area (Å²) in [7, 11) is -1.04. The molecule has 0 heterocycles. The Morgan fingerprint density at radius 3 is 1.76 bits per heavy atom. The van der Waals surface area contributed by atoms with E-state index in [0.717, 1.165) is 5.75 Å². The van der Waals surface area contributed by atoms with Crippen LogP contribution in [-0.2, 0) is 0 Å². The molecule has 0 aliphatic carbocycles. The molecule has 0 aliphatic rings. The van der Waals surface area contributed by atoms with Crippen molar-refractivity contribution in [2.45, 2.75) is 39.3 Å². The zero-order chi connectivity index (χ0) is 13.3. The van der Waals surface area contributed by atoms with Crippen molar-refractivity contribution in [3.05, 3.63) is 24.3 Å². The molecule has 1 aromatic carbocycles. The van der Waals surface area contributed by atoms with E-state index in [-0.39, 0.29) is 0 Å². The maximum absolute atomic E-state index is 5.52. The Bertz CT molecular complexity index is 366. The normalized spacial score (nSPS) is 12.4. The third-order valence-electron chi connectivity index (χ3n) is 2.67. The zero-order valence-corrected chi connectivity index (χ0v) is 14.2. The summed E-state index contributed by atoms with van der Waals surface area (Å²) in [6.07, 6.45) is 0. The Morgan fingerprint density at radius 1 is 0.882 bits per heavy atom. The second-order valence-corrected chi connectivity index (χ2v) is 16.4. The van der Waals surface area contributed by atoms with Crippen molar-refractivity contribution < 1.29 is 4.74 Å². The van der Waals surface area contributed by atoms with Crippen molar-refractivity contribution in [3.8, 4) is 5.75 Å². The van der Waals surface area contributed by atoms with Crippen molar-refractivity contribution in [2.24, 2.45) is 0 Å². The third kappa shape index (κ3) is 3.36. The van der Waals surface area contributed by atoms with Gasteiger partial charge in [0.2, 0.25) is 0 Å². The van der Waals surface area contributed by atoms with E-state index in [1.165, 1.54) is 5.69 Å². The number of hydrogen-bond donors (Lipinski definition) is 0. The molecule has 0 unspecified atom stereocenters. The highest BCUT2D eigenvalue weighted by atomic mass is 28.4. The molecule has 1 rings (SSSR count). The molecule has 0 radical (unpaired) electrons. The van der Waals surface area contributed by atoms with Gasteiger partial charge in [0.05, 0.1) is 12.8 Å². The molecule has 0 amide bonds. The summed E-state index contributed by atoms with van der Waals surface area (Å²) in [6.45, 7) is 14.4. The zero-order valence-electron chi connectivity index (χ0n) is 12.2. The Balaban J connectivity index is 3.33. The highest BCUT2D eigenvalue weighted by Crippen LogP contribution is 2.35. The van der Waals surface area contributed by atoms with Crippen molar-refractivity contribution in [1.29, 1.82) is 0 Å². The summed E-state index contributed by atoms with van der Waals surface area (Å²) in [6, 6.07) is 8.39. The van der Waals surface area contributed by atoms with Gasteiger partial charge in [-0.05, 0) is 12.1 Å². The van der Waals surface area contributed by atoms with Gasteiger partial charge in [-0.15, -0.1) is 0 Å². The second-order valence-electron chi connectivity index (χ2n) is 6.35. The maximum atomic E-state index is 5.52. The average Bonchev–Trinajstić information content (AvgIpc) is 2.14. The predicted molar refractivity (Wildman–Crippen MR) is 82.2 cm³/mol. The fourth-order valence-corrected chi connectivity index (χ4v) is 12.4. The van der Waals surface area contributed by atoms with Crippen LogP contribution in [0.3, 0.4) is 0 Å². The van der Waals surface area contributed by atoms with E-state index in [4.69, 9.17) is 4.74 Å². The lowest BCUT2D eigenvalue weighted by molar-refractivity contribution is 0.416. The largest absolute Gasteiger partial charge is 0.495 e. The Hall–Kier alpha value is -0.746. The Kier molecular flexibility index (Phi) is 4.09. The summed E-state index contributed by atoms with van der Waals surface area (Å²) in [5, 5.41) is 0. The molecule has 0 saturated heterocycles. The third-order valence-corrected chi connectivity index (χ3v) is 9.86. The Morgan fingerprint density at radius 2 is 1.35 bits per heavy atom. The van der Waals surface area contributed by atoms with Gasteiger partial charge in [0, 0.05) is 0 Å². The predicted octanol–water partition coefficient (Wildman–Crippen LogP) is 4.17. The summed E-state index contributed by atoms with van der Waals surface area (Å²) < 4.78 is 8.20. The minimum atomic E-state index is -1.40. The first-order valence-electron chi connectivity index (χ1n) is 6.11. The topological polar surface area (TPSA) is 12.5 Å². The molecule has 96 valence electrons. The van der Waals surface area contributed by atoms with Crippen LogP contribution in [0.25, 0.3) is 0 Å². The lowest BCUT2D eigenvalue weighted by Gasteiger charge is -2.46. The molecule has 4 heteroatoms. The van der Waals surface area contributed by atoms with Crippen LogP contribution in [-0.4, -0.2) is 23.6 Å². The number of hydrogen-bond acceptors (Lipinski definition) is 2. The van der Waals surface area contributed by atoms with Gasteiger partial charge in [-0.25, -0.2) is 0 Å². The van der Waals surface area contributed by atoms with E-state index >= 15 is 0 Å². The number of ether oxygens (including phenoxy) is 1.